The molecule has 0 atom stereocenters. The highest BCUT2D eigenvalue weighted by atomic mass is 19.3. The number of halogens is 2. The lowest BCUT2D eigenvalue weighted by molar-refractivity contribution is -0.111. The fourth-order valence-corrected chi connectivity index (χ4v) is 3.60. The van der Waals surface area contributed by atoms with Gasteiger partial charge in [0.2, 0.25) is 5.91 Å². The number of aryl methyl sites for hydroxylation is 1. The molecule has 2 aromatic carbocycles. The maximum Gasteiger partial charge on any atom is 0.270 e. The molecule has 0 radical (unpaired) electrons. The summed E-state index contributed by atoms with van der Waals surface area (Å²) in [6, 6.07) is 7.48. The molecule has 0 saturated carbocycles. The number of hydrogen-bond acceptors (Lipinski definition) is 3. The highest BCUT2D eigenvalue weighted by molar-refractivity contribution is 6.00. The van der Waals surface area contributed by atoms with Crippen molar-refractivity contribution >= 4 is 17.7 Å². The van der Waals surface area contributed by atoms with Crippen LogP contribution in [0.25, 0.3) is 6.08 Å². The summed E-state index contributed by atoms with van der Waals surface area (Å²) in [5, 5.41) is 11.8. The number of nitriles is 1. The van der Waals surface area contributed by atoms with Crippen molar-refractivity contribution in [2.45, 2.75) is 47.5 Å². The number of ether oxygens (including phenoxy) is 1. The molecule has 36 heavy (non-hydrogen) atoms. The number of nitrogens with zero attached hydrogens (tertiary/aromatic N) is 1. The van der Waals surface area contributed by atoms with E-state index in [1.807, 2.05) is 44.2 Å². The van der Waals surface area contributed by atoms with Crippen LogP contribution in [-0.4, -0.2) is 13.0 Å². The normalized spacial score (nSPS) is 12.8. The van der Waals surface area contributed by atoms with E-state index < -0.39 is 11.8 Å². The van der Waals surface area contributed by atoms with E-state index in [-0.39, 0.29) is 16.8 Å². The van der Waals surface area contributed by atoms with Gasteiger partial charge in [0.1, 0.15) is 11.8 Å². The van der Waals surface area contributed by atoms with Gasteiger partial charge in [-0.25, -0.2) is 8.78 Å². The number of amides is 1. The first-order valence-corrected chi connectivity index (χ1v) is 11.5. The van der Waals surface area contributed by atoms with Crippen LogP contribution in [0, 0.1) is 32.1 Å². The van der Waals surface area contributed by atoms with Crippen LogP contribution in [0.15, 0.2) is 65.8 Å². The molecular formula is C30H32F2N2O2. The molecule has 2 aromatic rings. The molecule has 4 nitrogen and oxygen atoms in total. The zero-order valence-corrected chi connectivity index (χ0v) is 21.8. The van der Waals surface area contributed by atoms with Crippen LogP contribution in [0.4, 0.5) is 14.5 Å². The van der Waals surface area contributed by atoms with Gasteiger partial charge in [0.25, 0.3) is 5.92 Å². The summed E-state index contributed by atoms with van der Waals surface area (Å²) < 4.78 is 32.4. The van der Waals surface area contributed by atoms with Crippen LogP contribution < -0.4 is 10.1 Å². The smallest absolute Gasteiger partial charge is 0.270 e. The molecule has 0 aliphatic heterocycles. The fraction of sp³-hybridized carbons (Fsp3) is 0.267. The van der Waals surface area contributed by atoms with Gasteiger partial charge in [-0.05, 0) is 80.6 Å². The average molecular weight is 491 g/mol. The molecule has 0 fully saturated rings. The summed E-state index contributed by atoms with van der Waals surface area (Å²) in [5.41, 5.74) is 6.18. The Bertz CT molecular complexity index is 1300. The first-order valence-electron chi connectivity index (χ1n) is 11.5. The number of carbonyl (C=O) groups excluding carboxylic acids is 1. The lowest BCUT2D eigenvalue weighted by Crippen LogP contribution is -2.12. The fourth-order valence-electron chi connectivity index (χ4n) is 3.60. The molecule has 188 valence electrons. The SMILES string of the molecule is COc1cc(C)c(/C=C/C(C)=C/C=C/C(C)=C/C(=O)Nc2ccc(C(C)(F)F)cc2C#N)c(C)c1C. The van der Waals surface area contributed by atoms with E-state index >= 15 is 0 Å². The van der Waals surface area contributed by atoms with E-state index in [1.165, 1.54) is 23.8 Å². The van der Waals surface area contributed by atoms with Crippen LogP contribution in [0.3, 0.4) is 0 Å². The van der Waals surface area contributed by atoms with Crippen LogP contribution in [-0.2, 0) is 10.7 Å². The summed E-state index contributed by atoms with van der Waals surface area (Å²) in [6.45, 7) is 10.7. The average Bonchev–Trinajstić information content (AvgIpc) is 2.80. The Morgan fingerprint density at radius 3 is 2.39 bits per heavy atom. The van der Waals surface area contributed by atoms with Crippen molar-refractivity contribution in [3.05, 3.63) is 99.2 Å². The van der Waals surface area contributed by atoms with Gasteiger partial charge in [-0.3, -0.25) is 4.79 Å². The van der Waals surface area contributed by atoms with E-state index in [4.69, 9.17) is 4.74 Å². The third-order valence-electron chi connectivity index (χ3n) is 5.82. The first kappa shape index (κ1) is 28.3. The first-order chi connectivity index (χ1) is 16.9. The van der Waals surface area contributed by atoms with Crippen LogP contribution in [0.2, 0.25) is 0 Å². The topological polar surface area (TPSA) is 62.1 Å². The van der Waals surface area contributed by atoms with E-state index in [0.29, 0.717) is 5.57 Å². The number of rotatable bonds is 8. The number of hydrogen-bond donors (Lipinski definition) is 1. The van der Waals surface area contributed by atoms with E-state index in [0.717, 1.165) is 41.0 Å². The Kier molecular flexibility index (Phi) is 9.52. The van der Waals surface area contributed by atoms with Crippen molar-refractivity contribution in [2.75, 3.05) is 12.4 Å². The molecule has 2 rings (SSSR count). The van der Waals surface area contributed by atoms with Gasteiger partial charge in [0.15, 0.2) is 0 Å². The second-order valence-corrected chi connectivity index (χ2v) is 8.80. The third-order valence-corrected chi connectivity index (χ3v) is 5.82. The maximum atomic E-state index is 13.5. The van der Waals surface area contributed by atoms with Crippen LogP contribution >= 0.6 is 0 Å². The van der Waals surface area contributed by atoms with E-state index in [9.17, 15) is 18.8 Å². The quantitative estimate of drug-likeness (QED) is 0.305. The lowest BCUT2D eigenvalue weighted by Gasteiger charge is -2.13. The second-order valence-electron chi connectivity index (χ2n) is 8.80. The molecule has 1 N–H and O–H groups in total. The molecule has 6 heteroatoms. The van der Waals surface area contributed by atoms with Gasteiger partial charge in [0.05, 0.1) is 18.4 Å². The van der Waals surface area contributed by atoms with Crippen molar-refractivity contribution in [3.63, 3.8) is 0 Å². The molecular weight excluding hydrogens is 458 g/mol. The number of methoxy groups -OCH3 is 1. The Hall–Kier alpha value is -3.98. The van der Waals surface area contributed by atoms with Crippen molar-refractivity contribution in [3.8, 4) is 11.8 Å². The molecule has 0 unspecified atom stereocenters. The van der Waals surface area contributed by atoms with Gasteiger partial charge in [0, 0.05) is 18.6 Å². The minimum absolute atomic E-state index is 0.0214. The summed E-state index contributed by atoms with van der Waals surface area (Å²) >= 11 is 0. The molecule has 0 aliphatic rings. The van der Waals surface area contributed by atoms with Crippen LogP contribution in [0.5, 0.6) is 5.75 Å². The minimum Gasteiger partial charge on any atom is -0.496 e. The lowest BCUT2D eigenvalue weighted by atomic mass is 9.96. The van der Waals surface area contributed by atoms with Crippen molar-refractivity contribution in [2.24, 2.45) is 0 Å². The predicted octanol–water partition coefficient (Wildman–Crippen LogP) is 7.70. The summed E-state index contributed by atoms with van der Waals surface area (Å²) in [7, 11) is 1.67. The number of anilines is 1. The summed E-state index contributed by atoms with van der Waals surface area (Å²) in [4.78, 5) is 12.4. The summed E-state index contributed by atoms with van der Waals surface area (Å²) in [5.74, 6) is -2.64. The van der Waals surface area contributed by atoms with Crippen molar-refractivity contribution < 1.29 is 18.3 Å². The molecule has 0 aliphatic carbocycles. The molecule has 1 amide bonds. The maximum absolute atomic E-state index is 13.5. The number of nitrogens with one attached hydrogen (secondary N) is 1. The summed E-state index contributed by atoms with van der Waals surface area (Å²) in [6.07, 6.45) is 11.1. The van der Waals surface area contributed by atoms with Crippen molar-refractivity contribution in [1.82, 2.24) is 0 Å². The molecule has 0 saturated heterocycles. The predicted molar refractivity (Wildman–Crippen MR) is 142 cm³/mol. The number of allylic oxidation sites excluding steroid dienone is 6. The Balaban J connectivity index is 2.09. The van der Waals surface area contributed by atoms with E-state index in [1.54, 1.807) is 20.1 Å². The largest absolute Gasteiger partial charge is 0.496 e. The monoisotopic (exact) mass is 490 g/mol. The highest BCUT2D eigenvalue weighted by Crippen LogP contribution is 2.30. The zero-order valence-electron chi connectivity index (χ0n) is 21.8. The van der Waals surface area contributed by atoms with Gasteiger partial charge in [-0.15, -0.1) is 0 Å². The molecule has 0 aromatic heterocycles. The number of benzene rings is 2. The van der Waals surface area contributed by atoms with Gasteiger partial charge in [-0.2, -0.15) is 5.26 Å². The third kappa shape index (κ3) is 7.51. The number of alkyl halides is 2. The van der Waals surface area contributed by atoms with Crippen LogP contribution in [0.1, 0.15) is 54.2 Å². The van der Waals surface area contributed by atoms with Gasteiger partial charge >= 0.3 is 0 Å². The Morgan fingerprint density at radius 1 is 1.08 bits per heavy atom. The Labute approximate surface area is 212 Å². The number of carbonyl (C=O) groups is 1. The van der Waals surface area contributed by atoms with Crippen molar-refractivity contribution in [1.29, 1.82) is 5.26 Å². The molecule has 0 heterocycles. The molecule has 0 bridgehead atoms. The second kappa shape index (κ2) is 12.1. The highest BCUT2D eigenvalue weighted by Gasteiger charge is 2.25. The minimum atomic E-state index is -3.07. The van der Waals surface area contributed by atoms with Gasteiger partial charge in [-0.1, -0.05) is 42.0 Å². The van der Waals surface area contributed by atoms with E-state index in [2.05, 4.69) is 25.2 Å². The molecule has 0 spiro atoms. The zero-order chi connectivity index (χ0) is 27.0. The standard InChI is InChI=1S/C30H32F2N2O2/c1-19(11-13-26-21(3)16-28(36-7)23(5)22(26)4)9-8-10-20(2)15-29(35)34-27-14-12-25(30(6,31)32)17-24(27)18-33/h8-17H,1-7H3,(H,34,35)/b10-8+,13-11+,19-9+,20-15+. The van der Waals surface area contributed by atoms with Gasteiger partial charge < -0.3 is 10.1 Å². The Morgan fingerprint density at radius 2 is 1.78 bits per heavy atom.